The number of carbonyl (C=O) groups is 1. The normalized spacial score (nSPS) is 18.0. The molecule has 1 aliphatic heterocycles. The summed E-state index contributed by atoms with van der Waals surface area (Å²) in [6.07, 6.45) is 4.91. The van der Waals surface area contributed by atoms with E-state index in [1.807, 2.05) is 0 Å². The maximum Gasteiger partial charge on any atom is 0.298 e. The Hall–Kier alpha value is -2.43. The van der Waals surface area contributed by atoms with Gasteiger partial charge in [0.05, 0.1) is 5.52 Å². The van der Waals surface area contributed by atoms with Gasteiger partial charge in [0.2, 0.25) is 0 Å². The molecule has 2 atom stereocenters. The number of hydrogen-bond donors (Lipinski definition) is 1. The number of halogens is 2. The summed E-state index contributed by atoms with van der Waals surface area (Å²) in [5, 5.41) is 0.455. The Morgan fingerprint density at radius 2 is 2.28 bits per heavy atom. The van der Waals surface area contributed by atoms with Gasteiger partial charge in [-0.1, -0.05) is 0 Å². The van der Waals surface area contributed by atoms with Crippen LogP contribution in [0, 0.1) is 24.0 Å². The standard InChI is InChI=1S/C18H18F2N2O3/c1-4-14(23)22-7-6-11-12-8-10(19)9-13(20)15(12)21-16(11)17(22)18(24-3)25-5-2/h1,8-9,17-18,21H,5-7H2,2-3H3. The fraction of sp³-hybridized carbons (Fsp3) is 0.389. The number of aromatic nitrogens is 1. The fourth-order valence-corrected chi connectivity index (χ4v) is 3.39. The first kappa shape index (κ1) is 17.4. The highest BCUT2D eigenvalue weighted by Gasteiger charge is 2.39. The van der Waals surface area contributed by atoms with Crippen LogP contribution in [0.3, 0.4) is 0 Å². The number of carbonyl (C=O) groups excluding carboxylic acids is 1. The van der Waals surface area contributed by atoms with E-state index in [1.54, 1.807) is 6.92 Å². The first-order valence-electron chi connectivity index (χ1n) is 7.92. The zero-order valence-corrected chi connectivity index (χ0v) is 13.9. The highest BCUT2D eigenvalue weighted by atomic mass is 19.1. The fourth-order valence-electron chi connectivity index (χ4n) is 3.39. The molecule has 0 bridgehead atoms. The van der Waals surface area contributed by atoms with Gasteiger partial charge < -0.3 is 19.4 Å². The Morgan fingerprint density at radius 3 is 2.92 bits per heavy atom. The molecule has 0 radical (unpaired) electrons. The van der Waals surface area contributed by atoms with E-state index in [1.165, 1.54) is 18.1 Å². The second-order valence-corrected chi connectivity index (χ2v) is 5.72. The highest BCUT2D eigenvalue weighted by Crippen LogP contribution is 2.38. The van der Waals surface area contributed by atoms with Crippen molar-refractivity contribution in [3.05, 3.63) is 35.0 Å². The number of methoxy groups -OCH3 is 1. The van der Waals surface area contributed by atoms with Gasteiger partial charge in [0, 0.05) is 37.4 Å². The minimum absolute atomic E-state index is 0.192. The third kappa shape index (κ3) is 2.88. The second-order valence-electron chi connectivity index (χ2n) is 5.72. The first-order chi connectivity index (χ1) is 12.0. The lowest BCUT2D eigenvalue weighted by Crippen LogP contribution is -2.46. The Morgan fingerprint density at radius 1 is 1.52 bits per heavy atom. The maximum atomic E-state index is 14.2. The molecular weight excluding hydrogens is 330 g/mol. The van der Waals surface area contributed by atoms with Crippen LogP contribution in [0.2, 0.25) is 0 Å². The average Bonchev–Trinajstić information content (AvgIpc) is 2.97. The molecule has 0 spiro atoms. The number of fused-ring (bicyclic) bond motifs is 3. The van der Waals surface area contributed by atoms with Crippen LogP contribution in [0.1, 0.15) is 24.2 Å². The molecule has 1 aromatic carbocycles. The molecule has 2 heterocycles. The lowest BCUT2D eigenvalue weighted by atomic mass is 9.96. The SMILES string of the molecule is C#CC(=O)N1CCc2c([nH]c3c(F)cc(F)cc23)C1C(OC)OCC. The van der Waals surface area contributed by atoms with E-state index in [4.69, 9.17) is 15.9 Å². The van der Waals surface area contributed by atoms with E-state index in [0.717, 1.165) is 11.6 Å². The van der Waals surface area contributed by atoms with Gasteiger partial charge in [0.15, 0.2) is 6.29 Å². The van der Waals surface area contributed by atoms with Gasteiger partial charge in [0.1, 0.15) is 17.7 Å². The van der Waals surface area contributed by atoms with E-state index < -0.39 is 29.9 Å². The molecule has 0 saturated carbocycles. The van der Waals surface area contributed by atoms with Crippen molar-refractivity contribution in [2.45, 2.75) is 25.7 Å². The summed E-state index contributed by atoms with van der Waals surface area (Å²) in [7, 11) is 1.45. The van der Waals surface area contributed by atoms with Crippen LogP contribution in [0.5, 0.6) is 0 Å². The Labute approximate surface area is 143 Å². The van der Waals surface area contributed by atoms with Gasteiger partial charge >= 0.3 is 0 Å². The van der Waals surface area contributed by atoms with Crippen LogP contribution in [0.4, 0.5) is 8.78 Å². The van der Waals surface area contributed by atoms with Crippen molar-refractivity contribution in [1.29, 1.82) is 0 Å². The van der Waals surface area contributed by atoms with E-state index in [0.29, 0.717) is 30.7 Å². The molecule has 2 unspecified atom stereocenters. The van der Waals surface area contributed by atoms with Crippen molar-refractivity contribution < 1.29 is 23.0 Å². The van der Waals surface area contributed by atoms with Gasteiger partial charge in [-0.05, 0) is 30.9 Å². The molecule has 0 fully saturated rings. The Kier molecular flexibility index (Phi) is 4.75. The lowest BCUT2D eigenvalue weighted by molar-refractivity contribution is -0.172. The lowest BCUT2D eigenvalue weighted by Gasteiger charge is -2.38. The summed E-state index contributed by atoms with van der Waals surface area (Å²) in [5.74, 6) is 0.242. The molecule has 5 nitrogen and oxygen atoms in total. The van der Waals surface area contributed by atoms with Crippen molar-refractivity contribution in [2.75, 3.05) is 20.3 Å². The van der Waals surface area contributed by atoms with Crippen LogP contribution < -0.4 is 0 Å². The van der Waals surface area contributed by atoms with Crippen LogP contribution in [-0.2, 0) is 20.7 Å². The first-order valence-corrected chi connectivity index (χ1v) is 7.92. The number of benzene rings is 1. The summed E-state index contributed by atoms with van der Waals surface area (Å²) in [4.78, 5) is 16.6. The minimum Gasteiger partial charge on any atom is -0.354 e. The van der Waals surface area contributed by atoms with E-state index >= 15 is 0 Å². The van der Waals surface area contributed by atoms with Crippen LogP contribution in [0.15, 0.2) is 12.1 Å². The number of hydrogen-bond acceptors (Lipinski definition) is 3. The molecule has 1 aromatic heterocycles. The summed E-state index contributed by atoms with van der Waals surface area (Å²) in [5.41, 5.74) is 1.48. The van der Waals surface area contributed by atoms with E-state index in [-0.39, 0.29) is 5.52 Å². The summed E-state index contributed by atoms with van der Waals surface area (Å²) in [6.45, 7) is 2.45. The average molecular weight is 348 g/mol. The molecule has 25 heavy (non-hydrogen) atoms. The topological polar surface area (TPSA) is 54.6 Å². The van der Waals surface area contributed by atoms with Crippen molar-refractivity contribution in [2.24, 2.45) is 0 Å². The largest absolute Gasteiger partial charge is 0.354 e. The molecule has 2 aromatic rings. The molecule has 0 aliphatic carbocycles. The maximum absolute atomic E-state index is 14.2. The quantitative estimate of drug-likeness (QED) is 0.682. The summed E-state index contributed by atoms with van der Waals surface area (Å²) >= 11 is 0. The molecular formula is C18H18F2N2O3. The number of aromatic amines is 1. The second kappa shape index (κ2) is 6.82. The molecule has 7 heteroatoms. The van der Waals surface area contributed by atoms with E-state index in [2.05, 4.69) is 10.9 Å². The minimum atomic E-state index is -0.790. The number of nitrogens with one attached hydrogen (secondary N) is 1. The number of nitrogens with zero attached hydrogens (tertiary/aromatic N) is 1. The zero-order chi connectivity index (χ0) is 18.1. The van der Waals surface area contributed by atoms with Gasteiger partial charge in [-0.3, -0.25) is 4.79 Å². The van der Waals surface area contributed by atoms with Crippen molar-refractivity contribution in [3.8, 4) is 12.3 Å². The number of terminal acetylenes is 1. The van der Waals surface area contributed by atoms with Crippen LogP contribution >= 0.6 is 0 Å². The van der Waals surface area contributed by atoms with Crippen LogP contribution in [-0.4, -0.2) is 42.3 Å². The number of rotatable bonds is 4. The predicted molar refractivity (Wildman–Crippen MR) is 87.6 cm³/mol. The monoisotopic (exact) mass is 348 g/mol. The number of ether oxygens (including phenoxy) is 2. The van der Waals surface area contributed by atoms with Gasteiger partial charge in [-0.25, -0.2) is 8.78 Å². The zero-order valence-electron chi connectivity index (χ0n) is 13.9. The van der Waals surface area contributed by atoms with Crippen LogP contribution in [0.25, 0.3) is 10.9 Å². The highest BCUT2D eigenvalue weighted by molar-refractivity contribution is 5.94. The summed E-state index contributed by atoms with van der Waals surface area (Å²) in [6, 6.07) is 1.43. The molecule has 1 aliphatic rings. The third-order valence-electron chi connectivity index (χ3n) is 4.40. The molecule has 1 amide bonds. The number of H-pyrrole nitrogens is 1. The molecule has 0 saturated heterocycles. The van der Waals surface area contributed by atoms with Crippen molar-refractivity contribution in [3.63, 3.8) is 0 Å². The van der Waals surface area contributed by atoms with E-state index in [9.17, 15) is 13.6 Å². The smallest absolute Gasteiger partial charge is 0.298 e. The number of amides is 1. The molecule has 1 N–H and O–H groups in total. The van der Waals surface area contributed by atoms with Crippen molar-refractivity contribution in [1.82, 2.24) is 9.88 Å². The third-order valence-corrected chi connectivity index (χ3v) is 4.40. The Balaban J connectivity index is 2.20. The van der Waals surface area contributed by atoms with Gasteiger partial charge in [-0.2, -0.15) is 0 Å². The van der Waals surface area contributed by atoms with Crippen molar-refractivity contribution >= 4 is 16.8 Å². The van der Waals surface area contributed by atoms with Gasteiger partial charge in [-0.15, -0.1) is 6.42 Å². The molecule has 132 valence electrons. The predicted octanol–water partition coefficient (Wildman–Crippen LogP) is 2.51. The molecule has 3 rings (SSSR count). The van der Waals surface area contributed by atoms with Gasteiger partial charge in [0.25, 0.3) is 5.91 Å². The Bertz CT molecular complexity index is 856. The summed E-state index contributed by atoms with van der Waals surface area (Å²) < 4.78 is 38.8.